The lowest BCUT2D eigenvalue weighted by Crippen LogP contribution is -2.52. The van der Waals surface area contributed by atoms with Gasteiger partial charge in [0, 0.05) is 20.2 Å². The second-order valence-corrected chi connectivity index (χ2v) is 4.74. The second-order valence-electron chi connectivity index (χ2n) is 4.74. The van der Waals surface area contributed by atoms with Gasteiger partial charge in [0.2, 0.25) is 0 Å². The Kier molecular flexibility index (Phi) is 4.92. The van der Waals surface area contributed by atoms with Crippen LogP contribution in [0.4, 0.5) is 4.79 Å². The van der Waals surface area contributed by atoms with Crippen LogP contribution >= 0.6 is 0 Å². The number of carbonyl (C=O) groups excluding carboxylic acids is 1. The van der Waals surface area contributed by atoms with Crippen LogP contribution in [-0.2, 0) is 9.53 Å². The molecule has 0 aliphatic carbocycles. The van der Waals surface area contributed by atoms with E-state index < -0.39 is 17.4 Å². The van der Waals surface area contributed by atoms with Crippen LogP contribution in [0.25, 0.3) is 0 Å². The summed E-state index contributed by atoms with van der Waals surface area (Å²) in [6.07, 6.45) is 0.487. The maximum atomic E-state index is 11.8. The van der Waals surface area contributed by atoms with Crippen LogP contribution in [0.5, 0.6) is 0 Å². The molecular weight excluding hydrogens is 240 g/mol. The van der Waals surface area contributed by atoms with Gasteiger partial charge < -0.3 is 25.2 Å². The highest BCUT2D eigenvalue weighted by Gasteiger charge is 2.47. The third-order valence-electron chi connectivity index (χ3n) is 3.24. The van der Waals surface area contributed by atoms with E-state index >= 15 is 0 Å². The molecule has 0 radical (unpaired) electrons. The normalized spacial score (nSPS) is 26.9. The van der Waals surface area contributed by atoms with Gasteiger partial charge >= 0.3 is 12.0 Å². The number of carbonyl (C=O) groups is 2. The van der Waals surface area contributed by atoms with Crippen LogP contribution in [0.2, 0.25) is 0 Å². The molecule has 0 aromatic rings. The second kappa shape index (κ2) is 6.01. The average Bonchev–Trinajstić information content (AvgIpc) is 2.69. The van der Waals surface area contributed by atoms with Crippen molar-refractivity contribution in [3.8, 4) is 0 Å². The minimum absolute atomic E-state index is 0.0109. The van der Waals surface area contributed by atoms with Gasteiger partial charge in [-0.25, -0.2) is 4.79 Å². The molecule has 104 valence electrons. The topological polar surface area (TPSA) is 99.1 Å². The Hall–Kier alpha value is -1.34. The van der Waals surface area contributed by atoms with Crippen molar-refractivity contribution in [2.24, 2.45) is 5.41 Å². The lowest BCUT2D eigenvalue weighted by molar-refractivity contribution is -0.148. The summed E-state index contributed by atoms with van der Waals surface area (Å²) in [5.41, 5.74) is -1.09. The highest BCUT2D eigenvalue weighted by molar-refractivity contribution is 5.79. The first kappa shape index (κ1) is 14.7. The van der Waals surface area contributed by atoms with E-state index in [1.807, 2.05) is 0 Å². The summed E-state index contributed by atoms with van der Waals surface area (Å²) in [5, 5.41) is 20.5. The van der Waals surface area contributed by atoms with Gasteiger partial charge in [-0.2, -0.15) is 0 Å². The number of rotatable bonds is 5. The zero-order valence-corrected chi connectivity index (χ0v) is 10.7. The molecule has 2 unspecified atom stereocenters. The molecular formula is C11H20N2O5. The van der Waals surface area contributed by atoms with Crippen molar-refractivity contribution in [1.82, 2.24) is 10.2 Å². The Balaban J connectivity index is 2.56. The van der Waals surface area contributed by atoms with E-state index in [9.17, 15) is 9.59 Å². The van der Waals surface area contributed by atoms with Crippen molar-refractivity contribution in [3.63, 3.8) is 0 Å². The van der Waals surface area contributed by atoms with Gasteiger partial charge in [-0.05, 0) is 13.3 Å². The number of carboxylic acid groups (broad SMARTS) is 1. The SMILES string of the molecule is CN(CCCO)C(=O)NC1COCC1(C)C(=O)O. The van der Waals surface area contributed by atoms with Crippen LogP contribution in [-0.4, -0.2) is 66.6 Å². The fraction of sp³-hybridized carbons (Fsp3) is 0.818. The number of nitrogens with zero attached hydrogens (tertiary/aromatic N) is 1. The van der Waals surface area contributed by atoms with Crippen molar-refractivity contribution < 1.29 is 24.5 Å². The molecule has 1 aliphatic heterocycles. The number of aliphatic carboxylic acids is 1. The van der Waals surface area contributed by atoms with Crippen molar-refractivity contribution >= 4 is 12.0 Å². The van der Waals surface area contributed by atoms with Gasteiger partial charge in [-0.15, -0.1) is 0 Å². The molecule has 1 aliphatic rings. The van der Waals surface area contributed by atoms with Crippen molar-refractivity contribution in [3.05, 3.63) is 0 Å². The van der Waals surface area contributed by atoms with Crippen molar-refractivity contribution in [2.45, 2.75) is 19.4 Å². The molecule has 2 atom stereocenters. The van der Waals surface area contributed by atoms with Crippen LogP contribution < -0.4 is 5.32 Å². The molecule has 3 N–H and O–H groups in total. The van der Waals surface area contributed by atoms with E-state index in [1.54, 1.807) is 14.0 Å². The Morgan fingerprint density at radius 3 is 2.78 bits per heavy atom. The zero-order chi connectivity index (χ0) is 13.8. The quantitative estimate of drug-likeness (QED) is 0.619. The summed E-state index contributed by atoms with van der Waals surface area (Å²) in [4.78, 5) is 24.4. The minimum atomic E-state index is -1.09. The Bertz CT molecular complexity index is 323. The standard InChI is InChI=1S/C11H20N2O5/c1-11(9(15)16)7-18-6-8(11)12-10(17)13(2)4-3-5-14/h8,14H,3-7H2,1-2H3,(H,12,17)(H,15,16). The third kappa shape index (κ3) is 3.11. The van der Waals surface area contributed by atoms with E-state index in [1.165, 1.54) is 4.90 Å². The summed E-state index contributed by atoms with van der Waals surface area (Å²) in [7, 11) is 1.60. The Morgan fingerprint density at radius 2 is 2.22 bits per heavy atom. The van der Waals surface area contributed by atoms with Gasteiger partial charge in [0.15, 0.2) is 0 Å². The maximum absolute atomic E-state index is 11.8. The number of aliphatic hydroxyl groups excluding tert-OH is 1. The summed E-state index contributed by atoms with van der Waals surface area (Å²) in [5.74, 6) is -0.983. The fourth-order valence-electron chi connectivity index (χ4n) is 1.75. The molecule has 1 saturated heterocycles. The molecule has 2 amide bonds. The van der Waals surface area contributed by atoms with E-state index in [-0.39, 0.29) is 25.9 Å². The zero-order valence-electron chi connectivity index (χ0n) is 10.7. The first-order chi connectivity index (χ1) is 8.41. The highest BCUT2D eigenvalue weighted by Crippen LogP contribution is 2.28. The number of nitrogens with one attached hydrogen (secondary N) is 1. The molecule has 1 heterocycles. The minimum Gasteiger partial charge on any atom is -0.481 e. The monoisotopic (exact) mass is 260 g/mol. The number of hydrogen-bond donors (Lipinski definition) is 3. The predicted octanol–water partition coefficient (Wildman–Crippen LogP) is -0.500. The van der Waals surface area contributed by atoms with Crippen LogP contribution in [0, 0.1) is 5.41 Å². The van der Waals surface area contributed by atoms with Crippen molar-refractivity contribution in [2.75, 3.05) is 33.4 Å². The van der Waals surface area contributed by atoms with E-state index in [0.717, 1.165) is 0 Å². The molecule has 0 aromatic heterocycles. The number of carboxylic acids is 1. The number of aliphatic hydroxyl groups is 1. The molecule has 1 rings (SSSR count). The van der Waals surface area contributed by atoms with Crippen LogP contribution in [0.1, 0.15) is 13.3 Å². The van der Waals surface area contributed by atoms with Gasteiger partial charge in [-0.3, -0.25) is 4.79 Å². The number of ether oxygens (including phenoxy) is 1. The molecule has 7 nitrogen and oxygen atoms in total. The predicted molar refractivity (Wildman–Crippen MR) is 63.2 cm³/mol. The molecule has 0 saturated carbocycles. The van der Waals surface area contributed by atoms with Gasteiger partial charge in [0.25, 0.3) is 0 Å². The highest BCUT2D eigenvalue weighted by atomic mass is 16.5. The lowest BCUT2D eigenvalue weighted by Gasteiger charge is -2.27. The smallest absolute Gasteiger partial charge is 0.317 e. The molecule has 0 aromatic carbocycles. The number of hydrogen-bond acceptors (Lipinski definition) is 4. The molecule has 18 heavy (non-hydrogen) atoms. The van der Waals surface area contributed by atoms with Gasteiger partial charge in [-0.1, -0.05) is 0 Å². The number of amides is 2. The molecule has 7 heteroatoms. The molecule has 0 bridgehead atoms. The number of urea groups is 1. The summed E-state index contributed by atoms with van der Waals surface area (Å²) < 4.78 is 5.14. The Morgan fingerprint density at radius 1 is 1.56 bits per heavy atom. The lowest BCUT2D eigenvalue weighted by atomic mass is 9.85. The summed E-state index contributed by atoms with van der Waals surface area (Å²) >= 11 is 0. The van der Waals surface area contributed by atoms with E-state index in [0.29, 0.717) is 13.0 Å². The van der Waals surface area contributed by atoms with E-state index in [4.69, 9.17) is 14.9 Å². The van der Waals surface area contributed by atoms with Crippen molar-refractivity contribution in [1.29, 1.82) is 0 Å². The molecule has 0 spiro atoms. The van der Waals surface area contributed by atoms with Gasteiger partial charge in [0.05, 0.1) is 19.3 Å². The molecule has 1 fully saturated rings. The van der Waals surface area contributed by atoms with Crippen LogP contribution in [0.15, 0.2) is 0 Å². The van der Waals surface area contributed by atoms with Crippen LogP contribution in [0.3, 0.4) is 0 Å². The summed E-state index contributed by atoms with van der Waals surface area (Å²) in [6, 6.07) is -0.898. The van der Waals surface area contributed by atoms with Gasteiger partial charge in [0.1, 0.15) is 5.41 Å². The van der Waals surface area contributed by atoms with E-state index in [2.05, 4.69) is 5.32 Å². The third-order valence-corrected chi connectivity index (χ3v) is 3.24. The fourth-order valence-corrected chi connectivity index (χ4v) is 1.75. The first-order valence-corrected chi connectivity index (χ1v) is 5.85. The first-order valence-electron chi connectivity index (χ1n) is 5.85. The summed E-state index contributed by atoms with van der Waals surface area (Å²) in [6.45, 7) is 2.27. The largest absolute Gasteiger partial charge is 0.481 e. The Labute approximate surface area is 106 Å². The maximum Gasteiger partial charge on any atom is 0.317 e. The average molecular weight is 260 g/mol.